The first-order valence-electron chi connectivity index (χ1n) is 34.7. The largest absolute Gasteiger partial charge is 0.454 e. The fourth-order valence-electron chi connectivity index (χ4n) is 10.6. The number of aliphatic hydroxyl groups is 5. The first-order chi connectivity index (χ1) is 40.7. The fourth-order valence-corrected chi connectivity index (χ4v) is 10.6. The third-order valence-electron chi connectivity index (χ3n) is 16.1. The molecule has 11 heteroatoms. The van der Waals surface area contributed by atoms with Gasteiger partial charge in [0, 0.05) is 6.42 Å². The van der Waals surface area contributed by atoms with E-state index in [4.69, 9.17) is 14.2 Å². The number of carbonyl (C=O) groups excluding carboxylic acids is 2. The van der Waals surface area contributed by atoms with Gasteiger partial charge in [-0.05, 0) is 89.9 Å². The Hall–Kier alpha value is -2.90. The van der Waals surface area contributed by atoms with Gasteiger partial charge in [0.05, 0.1) is 25.4 Å². The second kappa shape index (κ2) is 59.4. The van der Waals surface area contributed by atoms with Gasteiger partial charge in [-0.1, -0.05) is 286 Å². The maximum atomic E-state index is 13.5. The van der Waals surface area contributed by atoms with Crippen molar-refractivity contribution in [3.8, 4) is 0 Å². The van der Waals surface area contributed by atoms with Crippen LogP contribution in [0.2, 0.25) is 0 Å². The predicted molar refractivity (Wildman–Crippen MR) is 347 cm³/mol. The summed E-state index contributed by atoms with van der Waals surface area (Å²) in [6.07, 6.45) is 66.5. The zero-order valence-electron chi connectivity index (χ0n) is 53.6. The van der Waals surface area contributed by atoms with Gasteiger partial charge in [0.1, 0.15) is 24.4 Å². The van der Waals surface area contributed by atoms with Crippen LogP contribution in [0.1, 0.15) is 310 Å². The molecule has 6 N–H and O–H groups in total. The van der Waals surface area contributed by atoms with E-state index in [0.717, 1.165) is 96.3 Å². The number of allylic oxidation sites excluding steroid dienone is 11. The predicted octanol–water partition coefficient (Wildman–Crippen LogP) is 17.5. The van der Waals surface area contributed by atoms with E-state index in [2.05, 4.69) is 86.8 Å². The molecule has 1 aliphatic heterocycles. The Morgan fingerprint density at radius 2 is 0.867 bits per heavy atom. The molecule has 8 unspecified atom stereocenters. The molecule has 0 aromatic rings. The van der Waals surface area contributed by atoms with E-state index in [-0.39, 0.29) is 19.4 Å². The molecule has 1 rings (SSSR count). The summed E-state index contributed by atoms with van der Waals surface area (Å²) in [7, 11) is 0. The van der Waals surface area contributed by atoms with Crippen LogP contribution in [0.25, 0.3) is 0 Å². The maximum absolute atomic E-state index is 13.5. The molecule has 482 valence electrons. The Labute approximate surface area is 509 Å². The van der Waals surface area contributed by atoms with Crippen LogP contribution in [0.15, 0.2) is 72.9 Å². The smallest absolute Gasteiger partial charge is 0.306 e. The summed E-state index contributed by atoms with van der Waals surface area (Å²) in [5, 5.41) is 57.2. The average Bonchev–Trinajstić information content (AvgIpc) is 3.55. The number of hydrogen-bond acceptors (Lipinski definition) is 10. The van der Waals surface area contributed by atoms with Crippen LogP contribution in [-0.2, 0) is 23.8 Å². The van der Waals surface area contributed by atoms with Gasteiger partial charge in [-0.25, -0.2) is 0 Å². The number of amides is 1. The molecular weight excluding hydrogens is 1040 g/mol. The Kier molecular flexibility index (Phi) is 55.9. The summed E-state index contributed by atoms with van der Waals surface area (Å²) in [5.41, 5.74) is 0. The summed E-state index contributed by atoms with van der Waals surface area (Å²) in [6, 6.07) is -1.03. The maximum Gasteiger partial charge on any atom is 0.306 e. The second-order valence-corrected chi connectivity index (χ2v) is 23.9. The second-order valence-electron chi connectivity index (χ2n) is 23.9. The summed E-state index contributed by atoms with van der Waals surface area (Å²) in [6.45, 7) is 5.75. The van der Waals surface area contributed by atoms with Gasteiger partial charge in [-0.2, -0.15) is 0 Å². The number of ether oxygens (including phenoxy) is 3. The molecule has 0 aromatic heterocycles. The average molecular weight is 1170 g/mol. The molecular formula is C72H129NO10. The van der Waals surface area contributed by atoms with Crippen LogP contribution in [-0.4, -0.2) is 99.6 Å². The number of aliphatic hydroxyl groups excluding tert-OH is 5. The van der Waals surface area contributed by atoms with Crippen LogP contribution in [0, 0.1) is 0 Å². The zero-order chi connectivity index (χ0) is 60.3. The first-order valence-corrected chi connectivity index (χ1v) is 34.7. The number of rotatable bonds is 59. The lowest BCUT2D eigenvalue weighted by molar-refractivity contribution is -0.305. The Bertz CT molecular complexity index is 1630. The SMILES string of the molecule is CCCCC/C=C\C/C=C\C/C=C\CCCCCCCCCCCCCCCC(O)C(=O)NC(COC1OC(CO)C(O)C(O)C1OC(=O)CCCCCCCC/C=C/C=C/CCCCC)C(O)/C=C/CCCCCCCCCCCCC. The Balaban J connectivity index is 2.59. The van der Waals surface area contributed by atoms with E-state index in [1.54, 1.807) is 6.08 Å². The van der Waals surface area contributed by atoms with Crippen LogP contribution < -0.4 is 5.32 Å². The van der Waals surface area contributed by atoms with Crippen molar-refractivity contribution in [2.75, 3.05) is 13.2 Å². The van der Waals surface area contributed by atoms with Gasteiger partial charge < -0.3 is 45.1 Å². The molecule has 0 saturated carbocycles. The molecule has 0 spiro atoms. The Morgan fingerprint density at radius 1 is 0.482 bits per heavy atom. The van der Waals surface area contributed by atoms with E-state index >= 15 is 0 Å². The van der Waals surface area contributed by atoms with E-state index in [9.17, 15) is 35.1 Å². The van der Waals surface area contributed by atoms with Crippen molar-refractivity contribution in [1.29, 1.82) is 0 Å². The minimum Gasteiger partial charge on any atom is -0.454 e. The van der Waals surface area contributed by atoms with Gasteiger partial charge in [0.2, 0.25) is 5.91 Å². The van der Waals surface area contributed by atoms with Crippen molar-refractivity contribution in [3.05, 3.63) is 72.9 Å². The van der Waals surface area contributed by atoms with E-state index in [1.807, 2.05) is 6.08 Å². The molecule has 0 aliphatic carbocycles. The third-order valence-corrected chi connectivity index (χ3v) is 16.1. The molecule has 1 aliphatic rings. The number of unbranched alkanes of at least 4 members (excludes halogenated alkanes) is 36. The first kappa shape index (κ1) is 78.1. The van der Waals surface area contributed by atoms with Crippen molar-refractivity contribution in [1.82, 2.24) is 5.32 Å². The van der Waals surface area contributed by atoms with E-state index in [0.29, 0.717) is 12.8 Å². The fraction of sp³-hybridized carbons (Fsp3) is 0.806. The quantitative estimate of drug-likeness (QED) is 0.0149. The number of esters is 1. The summed E-state index contributed by atoms with van der Waals surface area (Å²) >= 11 is 0. The molecule has 1 fully saturated rings. The number of nitrogens with one attached hydrogen (secondary N) is 1. The molecule has 11 nitrogen and oxygen atoms in total. The van der Waals surface area contributed by atoms with Crippen molar-refractivity contribution in [2.24, 2.45) is 0 Å². The Morgan fingerprint density at radius 3 is 1.34 bits per heavy atom. The van der Waals surface area contributed by atoms with Gasteiger partial charge in [0.15, 0.2) is 12.4 Å². The van der Waals surface area contributed by atoms with Crippen molar-refractivity contribution < 1.29 is 49.3 Å². The normalized spacial score (nSPS) is 19.0. The standard InChI is InChI=1S/C72H129NO10/c1-4-7-10-13-16-19-22-25-27-28-29-30-31-32-33-34-35-36-37-39-41-44-47-50-53-56-59-65(76)71(80)73-63(64(75)58-55-52-49-46-43-40-24-21-18-15-12-9-6-3)62-81-72-70(69(79)68(78)66(61-74)82-72)83-67(77)60-57-54-51-48-45-42-38-26-23-20-17-14-11-8-5-2/h16-17,19-20,23,25-27,29-30,55,58,63-66,68-70,72,74-76,78-79H,4-15,18,21-22,24,28,31-54,56-57,59-62H2,1-3H3,(H,73,80)/b19-16-,20-17+,26-23+,27-25-,30-29-,58-55+. The van der Waals surface area contributed by atoms with Gasteiger partial charge in [0.25, 0.3) is 0 Å². The zero-order valence-corrected chi connectivity index (χ0v) is 53.6. The highest BCUT2D eigenvalue weighted by Gasteiger charge is 2.47. The minimum absolute atomic E-state index is 0.109. The van der Waals surface area contributed by atoms with Gasteiger partial charge in [-0.3, -0.25) is 9.59 Å². The topological polar surface area (TPSA) is 175 Å². The molecule has 1 heterocycles. The third kappa shape index (κ3) is 46.9. The molecule has 0 aromatic carbocycles. The highest BCUT2D eigenvalue weighted by molar-refractivity contribution is 5.80. The van der Waals surface area contributed by atoms with E-state index in [1.165, 1.54) is 167 Å². The molecule has 1 saturated heterocycles. The van der Waals surface area contributed by atoms with Gasteiger partial charge in [-0.15, -0.1) is 0 Å². The monoisotopic (exact) mass is 1170 g/mol. The summed E-state index contributed by atoms with van der Waals surface area (Å²) < 4.78 is 17.7. The van der Waals surface area contributed by atoms with Crippen LogP contribution in [0.5, 0.6) is 0 Å². The lowest BCUT2D eigenvalue weighted by atomic mass is 9.99. The molecule has 0 bridgehead atoms. The molecule has 83 heavy (non-hydrogen) atoms. The summed E-state index contributed by atoms with van der Waals surface area (Å²) in [4.78, 5) is 26.6. The van der Waals surface area contributed by atoms with Crippen LogP contribution in [0.4, 0.5) is 0 Å². The van der Waals surface area contributed by atoms with Crippen molar-refractivity contribution >= 4 is 11.9 Å². The summed E-state index contributed by atoms with van der Waals surface area (Å²) in [5.74, 6) is -1.20. The van der Waals surface area contributed by atoms with Crippen LogP contribution >= 0.6 is 0 Å². The van der Waals surface area contributed by atoms with Crippen molar-refractivity contribution in [3.63, 3.8) is 0 Å². The molecule has 8 atom stereocenters. The van der Waals surface area contributed by atoms with E-state index < -0.39 is 67.4 Å². The highest BCUT2D eigenvalue weighted by atomic mass is 16.7. The highest BCUT2D eigenvalue weighted by Crippen LogP contribution is 2.26. The van der Waals surface area contributed by atoms with Crippen LogP contribution in [0.3, 0.4) is 0 Å². The van der Waals surface area contributed by atoms with Gasteiger partial charge >= 0.3 is 5.97 Å². The number of hydrogen-bond donors (Lipinski definition) is 6. The molecule has 1 amide bonds. The lowest BCUT2D eigenvalue weighted by Gasteiger charge is -2.41. The molecule has 0 radical (unpaired) electrons. The lowest BCUT2D eigenvalue weighted by Crippen LogP contribution is -2.61. The number of carbonyl (C=O) groups is 2. The minimum atomic E-state index is -1.62. The van der Waals surface area contributed by atoms with Crippen molar-refractivity contribution in [2.45, 2.75) is 359 Å².